The quantitative estimate of drug-likeness (QED) is 0.792. The molecule has 0 N–H and O–H groups in total. The van der Waals surface area contributed by atoms with Gasteiger partial charge in [0, 0.05) is 7.05 Å². The Hall–Kier alpha value is -2.68. The zero-order valence-corrected chi connectivity index (χ0v) is 12.3. The Kier molecular flexibility index (Phi) is 3.64. The third kappa shape index (κ3) is 2.95. The van der Waals surface area contributed by atoms with Crippen LogP contribution in [0.1, 0.15) is 22.8 Å². The number of nitriles is 1. The van der Waals surface area contributed by atoms with E-state index in [1.807, 2.05) is 11.9 Å². The highest BCUT2D eigenvalue weighted by molar-refractivity contribution is 5.63. The number of hydrogen-bond donors (Lipinski definition) is 0. The number of halogens is 3. The van der Waals surface area contributed by atoms with Crippen molar-refractivity contribution in [2.24, 2.45) is 0 Å². The van der Waals surface area contributed by atoms with Crippen LogP contribution in [0.4, 0.5) is 18.9 Å². The molecule has 23 heavy (non-hydrogen) atoms. The van der Waals surface area contributed by atoms with Crippen LogP contribution in [-0.2, 0) is 6.18 Å². The molecule has 1 aliphatic rings. The van der Waals surface area contributed by atoms with Crippen LogP contribution in [-0.4, -0.2) is 13.6 Å². The minimum absolute atomic E-state index is 0.359. The molecule has 0 saturated heterocycles. The van der Waals surface area contributed by atoms with Gasteiger partial charge in [-0.3, -0.25) is 0 Å². The van der Waals surface area contributed by atoms with E-state index < -0.39 is 11.7 Å². The maximum atomic E-state index is 12.6. The van der Waals surface area contributed by atoms with Crippen LogP contribution < -0.4 is 9.64 Å². The Morgan fingerprint density at radius 1 is 1.17 bits per heavy atom. The Morgan fingerprint density at radius 2 is 1.87 bits per heavy atom. The van der Waals surface area contributed by atoms with Crippen LogP contribution in [0, 0.1) is 11.3 Å². The average molecular weight is 318 g/mol. The second-order valence-electron chi connectivity index (χ2n) is 5.40. The second kappa shape index (κ2) is 5.51. The number of anilines is 1. The van der Waals surface area contributed by atoms with Gasteiger partial charge in [0.1, 0.15) is 11.9 Å². The van der Waals surface area contributed by atoms with Crippen LogP contribution in [0.2, 0.25) is 0 Å². The van der Waals surface area contributed by atoms with Gasteiger partial charge in [-0.15, -0.1) is 0 Å². The highest BCUT2D eigenvalue weighted by Crippen LogP contribution is 2.38. The predicted octanol–water partition coefficient (Wildman–Crippen LogP) is 4.15. The Bertz CT molecular complexity index is 763. The molecule has 6 heteroatoms. The van der Waals surface area contributed by atoms with E-state index in [0.29, 0.717) is 23.4 Å². The second-order valence-corrected chi connectivity index (χ2v) is 5.40. The van der Waals surface area contributed by atoms with Crippen LogP contribution in [0.15, 0.2) is 42.5 Å². The molecule has 2 aromatic carbocycles. The van der Waals surface area contributed by atoms with Crippen molar-refractivity contribution in [1.82, 2.24) is 0 Å². The lowest BCUT2D eigenvalue weighted by atomic mass is 10.0. The van der Waals surface area contributed by atoms with Crippen LogP contribution >= 0.6 is 0 Å². The first-order valence-corrected chi connectivity index (χ1v) is 6.97. The van der Waals surface area contributed by atoms with Crippen molar-refractivity contribution in [2.75, 3.05) is 18.5 Å². The summed E-state index contributed by atoms with van der Waals surface area (Å²) in [7, 11) is 1.86. The maximum Gasteiger partial charge on any atom is 0.416 e. The number of likely N-dealkylation sites (N-methyl/N-ethyl adjacent to an activating group) is 1. The molecule has 1 unspecified atom stereocenters. The first-order chi connectivity index (χ1) is 10.9. The fourth-order valence-corrected chi connectivity index (χ4v) is 2.58. The molecule has 3 nitrogen and oxygen atoms in total. The van der Waals surface area contributed by atoms with Crippen molar-refractivity contribution < 1.29 is 17.9 Å². The molecule has 0 bridgehead atoms. The molecule has 1 atom stereocenters. The topological polar surface area (TPSA) is 36.3 Å². The molecule has 0 saturated carbocycles. The van der Waals surface area contributed by atoms with E-state index in [4.69, 9.17) is 10.00 Å². The van der Waals surface area contributed by atoms with Gasteiger partial charge in [-0.1, -0.05) is 12.1 Å². The summed E-state index contributed by atoms with van der Waals surface area (Å²) in [6.07, 6.45) is -4.70. The molecule has 118 valence electrons. The highest BCUT2D eigenvalue weighted by atomic mass is 19.4. The van der Waals surface area contributed by atoms with E-state index in [0.717, 1.165) is 17.8 Å². The van der Waals surface area contributed by atoms with Gasteiger partial charge in [-0.05, 0) is 35.9 Å². The van der Waals surface area contributed by atoms with Crippen molar-refractivity contribution in [2.45, 2.75) is 12.3 Å². The number of nitrogens with zero attached hydrogens (tertiary/aromatic N) is 2. The molecule has 0 aromatic heterocycles. The molecular weight excluding hydrogens is 305 g/mol. The van der Waals surface area contributed by atoms with Crippen LogP contribution in [0.3, 0.4) is 0 Å². The van der Waals surface area contributed by atoms with Crippen molar-refractivity contribution in [3.63, 3.8) is 0 Å². The van der Waals surface area contributed by atoms with Crippen molar-refractivity contribution in [3.05, 3.63) is 59.2 Å². The van der Waals surface area contributed by atoms with E-state index in [-0.39, 0.29) is 6.10 Å². The summed E-state index contributed by atoms with van der Waals surface area (Å²) in [4.78, 5) is 1.93. The van der Waals surface area contributed by atoms with E-state index in [1.54, 1.807) is 18.2 Å². The molecule has 1 aliphatic heterocycles. The monoisotopic (exact) mass is 318 g/mol. The summed E-state index contributed by atoms with van der Waals surface area (Å²) in [6.45, 7) is 0.493. The number of fused-ring (bicyclic) bond motifs is 1. The normalized spacial score (nSPS) is 17.2. The van der Waals surface area contributed by atoms with Gasteiger partial charge in [0.05, 0.1) is 29.4 Å². The van der Waals surface area contributed by atoms with E-state index >= 15 is 0 Å². The van der Waals surface area contributed by atoms with E-state index in [9.17, 15) is 13.2 Å². The molecule has 3 rings (SSSR count). The Morgan fingerprint density at radius 3 is 2.48 bits per heavy atom. The number of alkyl halides is 3. The summed E-state index contributed by atoms with van der Waals surface area (Å²) >= 11 is 0. The minimum atomic E-state index is -4.34. The molecule has 2 aromatic rings. The lowest BCUT2D eigenvalue weighted by Gasteiger charge is -2.34. The lowest BCUT2D eigenvalue weighted by molar-refractivity contribution is -0.137. The standard InChI is InChI=1S/C17H13F3N2O/c1-22-10-16(12-3-5-13(6-4-12)17(18,19)20)23-15-7-2-11(9-21)8-14(15)22/h2-8,16H,10H2,1H3. The predicted molar refractivity (Wildman–Crippen MR) is 79.2 cm³/mol. The average Bonchev–Trinajstić information content (AvgIpc) is 2.54. The van der Waals surface area contributed by atoms with Gasteiger partial charge >= 0.3 is 6.18 Å². The fraction of sp³-hybridized carbons (Fsp3) is 0.235. The molecule has 1 heterocycles. The van der Waals surface area contributed by atoms with Gasteiger partial charge in [-0.2, -0.15) is 18.4 Å². The molecular formula is C17H13F3N2O. The summed E-state index contributed by atoms with van der Waals surface area (Å²) in [6, 6.07) is 12.2. The van der Waals surface area contributed by atoms with Crippen LogP contribution in [0.25, 0.3) is 0 Å². The smallest absolute Gasteiger partial charge is 0.416 e. The molecule has 0 fully saturated rings. The SMILES string of the molecule is CN1CC(c2ccc(C(F)(F)F)cc2)Oc2ccc(C#N)cc21. The highest BCUT2D eigenvalue weighted by Gasteiger charge is 2.31. The molecule has 0 amide bonds. The molecule has 0 spiro atoms. The van der Waals surface area contributed by atoms with Gasteiger partial charge in [0.15, 0.2) is 0 Å². The number of benzene rings is 2. The Balaban J connectivity index is 1.87. The first kappa shape index (κ1) is 15.2. The zero-order valence-electron chi connectivity index (χ0n) is 12.3. The number of ether oxygens (including phenoxy) is 1. The van der Waals surface area contributed by atoms with Crippen molar-refractivity contribution in [1.29, 1.82) is 5.26 Å². The van der Waals surface area contributed by atoms with Crippen molar-refractivity contribution >= 4 is 5.69 Å². The lowest BCUT2D eigenvalue weighted by Crippen LogP contribution is -2.32. The number of hydrogen-bond acceptors (Lipinski definition) is 3. The number of rotatable bonds is 1. The zero-order chi connectivity index (χ0) is 16.6. The largest absolute Gasteiger partial charge is 0.482 e. The van der Waals surface area contributed by atoms with Gasteiger partial charge in [0.25, 0.3) is 0 Å². The van der Waals surface area contributed by atoms with Gasteiger partial charge in [0.2, 0.25) is 0 Å². The summed E-state index contributed by atoms with van der Waals surface area (Å²) < 4.78 is 43.8. The van der Waals surface area contributed by atoms with Gasteiger partial charge < -0.3 is 9.64 Å². The minimum Gasteiger partial charge on any atom is -0.482 e. The van der Waals surface area contributed by atoms with E-state index in [2.05, 4.69) is 6.07 Å². The summed E-state index contributed by atoms with van der Waals surface area (Å²) in [5, 5.41) is 8.95. The van der Waals surface area contributed by atoms with E-state index in [1.165, 1.54) is 12.1 Å². The maximum absolute atomic E-state index is 12.6. The van der Waals surface area contributed by atoms with Crippen molar-refractivity contribution in [3.8, 4) is 11.8 Å². The van der Waals surface area contributed by atoms with Crippen LogP contribution in [0.5, 0.6) is 5.75 Å². The summed E-state index contributed by atoms with van der Waals surface area (Å²) in [5.41, 5.74) is 1.34. The Labute approximate surface area is 131 Å². The fourth-order valence-electron chi connectivity index (χ4n) is 2.58. The molecule has 0 aliphatic carbocycles. The third-order valence-electron chi connectivity index (χ3n) is 3.82. The summed E-state index contributed by atoms with van der Waals surface area (Å²) in [5.74, 6) is 0.614. The van der Waals surface area contributed by atoms with Gasteiger partial charge in [-0.25, -0.2) is 0 Å². The first-order valence-electron chi connectivity index (χ1n) is 6.97. The molecule has 0 radical (unpaired) electrons. The third-order valence-corrected chi connectivity index (χ3v) is 3.82.